The van der Waals surface area contributed by atoms with Crippen LogP contribution in [0.5, 0.6) is 0 Å². The molecule has 0 aliphatic carbocycles. The molecule has 1 amide bonds. The van der Waals surface area contributed by atoms with Gasteiger partial charge in [-0.25, -0.2) is 4.79 Å². The first-order valence-electron chi connectivity index (χ1n) is 8.10. The van der Waals surface area contributed by atoms with E-state index in [1.807, 2.05) is 32.9 Å². The van der Waals surface area contributed by atoms with Crippen molar-refractivity contribution >= 4 is 35.0 Å². The minimum absolute atomic E-state index is 0.0231. The number of thioether (sulfide) groups is 1. The van der Waals surface area contributed by atoms with Crippen LogP contribution >= 0.6 is 11.8 Å². The highest BCUT2D eigenvalue weighted by Crippen LogP contribution is 2.28. The molecule has 2 aromatic rings. The van der Waals surface area contributed by atoms with E-state index in [9.17, 15) is 19.7 Å². The third-order valence-electron chi connectivity index (χ3n) is 3.89. The lowest BCUT2D eigenvalue weighted by Crippen LogP contribution is -2.22. The van der Waals surface area contributed by atoms with Crippen molar-refractivity contribution in [2.45, 2.75) is 25.7 Å². The number of rotatable bonds is 6. The van der Waals surface area contributed by atoms with Crippen molar-refractivity contribution in [3.05, 3.63) is 62.7 Å². The lowest BCUT2D eigenvalue weighted by atomic mass is 10.1. The van der Waals surface area contributed by atoms with Crippen molar-refractivity contribution in [1.82, 2.24) is 0 Å². The number of nitro groups is 1. The number of amides is 1. The van der Waals surface area contributed by atoms with Crippen molar-refractivity contribution < 1.29 is 19.2 Å². The van der Waals surface area contributed by atoms with Crippen molar-refractivity contribution in [3.63, 3.8) is 0 Å². The van der Waals surface area contributed by atoms with Crippen LogP contribution in [0.3, 0.4) is 0 Å². The Balaban J connectivity index is 2.04. The van der Waals surface area contributed by atoms with Crippen molar-refractivity contribution in [2.24, 2.45) is 0 Å². The van der Waals surface area contributed by atoms with Gasteiger partial charge >= 0.3 is 5.97 Å². The molecule has 0 heterocycles. The van der Waals surface area contributed by atoms with Gasteiger partial charge in [-0.2, -0.15) is 0 Å². The molecule has 0 radical (unpaired) electrons. The molecule has 8 heteroatoms. The van der Waals surface area contributed by atoms with E-state index < -0.39 is 23.4 Å². The quantitative estimate of drug-likeness (QED) is 0.347. The van der Waals surface area contributed by atoms with Crippen LogP contribution in [-0.2, 0) is 9.53 Å². The highest BCUT2D eigenvalue weighted by atomic mass is 32.2. The molecule has 0 saturated heterocycles. The second kappa shape index (κ2) is 8.68. The minimum atomic E-state index is -0.793. The third-order valence-corrected chi connectivity index (χ3v) is 4.67. The van der Waals surface area contributed by atoms with Gasteiger partial charge in [-0.3, -0.25) is 14.9 Å². The van der Waals surface area contributed by atoms with E-state index in [1.165, 1.54) is 23.9 Å². The summed E-state index contributed by atoms with van der Waals surface area (Å²) in [6.45, 7) is 5.25. The predicted octanol–water partition coefficient (Wildman–Crippen LogP) is 4.04. The van der Waals surface area contributed by atoms with Crippen LogP contribution in [0.25, 0.3) is 0 Å². The number of carbonyl (C=O) groups is 2. The minimum Gasteiger partial charge on any atom is -0.452 e. The predicted molar refractivity (Wildman–Crippen MR) is 104 cm³/mol. The van der Waals surface area contributed by atoms with Crippen LogP contribution in [-0.4, -0.2) is 29.7 Å². The largest absolute Gasteiger partial charge is 0.452 e. The van der Waals surface area contributed by atoms with Gasteiger partial charge in [0.25, 0.3) is 11.6 Å². The number of esters is 1. The first-order valence-corrected chi connectivity index (χ1v) is 9.32. The summed E-state index contributed by atoms with van der Waals surface area (Å²) in [6, 6.07) is 7.97. The summed E-state index contributed by atoms with van der Waals surface area (Å²) in [5.74, 6) is -1.27. The fourth-order valence-corrected chi connectivity index (χ4v) is 3.27. The zero-order valence-corrected chi connectivity index (χ0v) is 16.3. The number of nitrogens with zero attached hydrogens (tertiary/aromatic N) is 1. The molecule has 0 atom stereocenters. The number of nitro benzene ring substituents is 1. The molecule has 2 rings (SSSR count). The molecular formula is C19H20N2O5S. The van der Waals surface area contributed by atoms with Gasteiger partial charge in [0.15, 0.2) is 6.61 Å². The molecule has 0 aliphatic rings. The highest BCUT2D eigenvalue weighted by molar-refractivity contribution is 7.98. The van der Waals surface area contributed by atoms with Crippen molar-refractivity contribution in [1.29, 1.82) is 0 Å². The summed E-state index contributed by atoms with van der Waals surface area (Å²) in [5, 5.41) is 13.8. The maximum atomic E-state index is 12.1. The van der Waals surface area contributed by atoms with Gasteiger partial charge < -0.3 is 10.1 Å². The topological polar surface area (TPSA) is 98.5 Å². The third kappa shape index (κ3) is 5.07. The molecule has 0 bridgehead atoms. The molecule has 2 aromatic carbocycles. The summed E-state index contributed by atoms with van der Waals surface area (Å²) >= 11 is 1.21. The zero-order chi connectivity index (χ0) is 20.1. The van der Waals surface area contributed by atoms with Crippen LogP contribution in [0.15, 0.2) is 35.2 Å². The molecule has 1 N–H and O–H groups in total. The Morgan fingerprint density at radius 3 is 2.33 bits per heavy atom. The van der Waals surface area contributed by atoms with Crippen LogP contribution < -0.4 is 5.32 Å². The summed E-state index contributed by atoms with van der Waals surface area (Å²) in [5.41, 5.74) is 3.44. The van der Waals surface area contributed by atoms with Crippen LogP contribution in [0.4, 0.5) is 11.4 Å². The van der Waals surface area contributed by atoms with Crippen molar-refractivity contribution in [2.75, 3.05) is 18.2 Å². The Hall–Kier alpha value is -2.87. The lowest BCUT2D eigenvalue weighted by molar-refractivity contribution is -0.387. The molecule has 0 unspecified atom stereocenters. The second-order valence-corrected chi connectivity index (χ2v) is 6.89. The summed E-state index contributed by atoms with van der Waals surface area (Å²) in [6.07, 6.45) is 1.71. The molecule has 7 nitrogen and oxygen atoms in total. The number of carbonyl (C=O) groups excluding carboxylic acids is 2. The summed E-state index contributed by atoms with van der Waals surface area (Å²) in [4.78, 5) is 35.2. The fraction of sp³-hybridized carbons (Fsp3) is 0.263. The number of hydrogen-bond acceptors (Lipinski definition) is 6. The van der Waals surface area contributed by atoms with Gasteiger partial charge in [0.1, 0.15) is 0 Å². The average Bonchev–Trinajstić information content (AvgIpc) is 2.62. The van der Waals surface area contributed by atoms with Gasteiger partial charge in [-0.15, -0.1) is 11.8 Å². The Kier molecular flexibility index (Phi) is 6.57. The normalized spacial score (nSPS) is 10.4. The standard InChI is InChI=1S/C19H20N2O5S/c1-11-7-12(2)18(13(3)8-11)20-17(22)10-26-19(23)14-5-6-16(27-4)15(9-14)21(24)25/h5-9H,10H2,1-4H3,(H,20,22). The Morgan fingerprint density at radius 1 is 1.15 bits per heavy atom. The summed E-state index contributed by atoms with van der Waals surface area (Å²) in [7, 11) is 0. The van der Waals surface area contributed by atoms with E-state index in [4.69, 9.17) is 4.74 Å². The van der Waals surface area contributed by atoms with Crippen LogP contribution in [0.2, 0.25) is 0 Å². The summed E-state index contributed by atoms with van der Waals surface area (Å²) < 4.78 is 4.99. The smallest absolute Gasteiger partial charge is 0.338 e. The lowest BCUT2D eigenvalue weighted by Gasteiger charge is -2.13. The molecule has 142 valence electrons. The number of hydrogen-bond donors (Lipinski definition) is 1. The first-order chi connectivity index (χ1) is 12.7. The maximum absolute atomic E-state index is 12.1. The average molecular weight is 388 g/mol. The van der Waals surface area contributed by atoms with Gasteiger partial charge in [-0.05, 0) is 50.3 Å². The number of ether oxygens (including phenoxy) is 1. The molecule has 0 spiro atoms. The number of anilines is 1. The molecule has 0 aromatic heterocycles. The van der Waals surface area contributed by atoms with E-state index in [1.54, 1.807) is 6.26 Å². The van der Waals surface area contributed by atoms with Crippen LogP contribution in [0.1, 0.15) is 27.0 Å². The van der Waals surface area contributed by atoms with E-state index in [-0.39, 0.29) is 11.3 Å². The van der Waals surface area contributed by atoms with Gasteiger partial charge in [0, 0.05) is 11.8 Å². The number of nitrogens with one attached hydrogen (secondary N) is 1. The van der Waals surface area contributed by atoms with Gasteiger partial charge in [0.05, 0.1) is 15.4 Å². The van der Waals surface area contributed by atoms with E-state index >= 15 is 0 Å². The molecule has 0 fully saturated rings. The van der Waals surface area contributed by atoms with Crippen molar-refractivity contribution in [3.8, 4) is 0 Å². The Bertz CT molecular complexity index is 888. The van der Waals surface area contributed by atoms with Gasteiger partial charge in [-0.1, -0.05) is 17.7 Å². The molecule has 27 heavy (non-hydrogen) atoms. The second-order valence-electron chi connectivity index (χ2n) is 6.04. The monoisotopic (exact) mass is 388 g/mol. The van der Waals surface area contributed by atoms with E-state index in [0.717, 1.165) is 22.8 Å². The number of benzene rings is 2. The van der Waals surface area contributed by atoms with Gasteiger partial charge in [0.2, 0.25) is 0 Å². The SMILES string of the molecule is CSc1ccc(C(=O)OCC(=O)Nc2c(C)cc(C)cc2C)cc1[N+](=O)[O-]. The van der Waals surface area contributed by atoms with Crippen LogP contribution in [0, 0.1) is 30.9 Å². The molecular weight excluding hydrogens is 368 g/mol. The molecule has 0 saturated carbocycles. The molecule has 0 aliphatic heterocycles. The Labute approximate surface area is 161 Å². The van der Waals surface area contributed by atoms with E-state index in [0.29, 0.717) is 10.6 Å². The highest BCUT2D eigenvalue weighted by Gasteiger charge is 2.19. The number of aryl methyl sites for hydroxylation is 3. The zero-order valence-electron chi connectivity index (χ0n) is 15.5. The van der Waals surface area contributed by atoms with E-state index in [2.05, 4.69) is 5.32 Å². The fourth-order valence-electron chi connectivity index (χ4n) is 2.73. The first kappa shape index (κ1) is 20.4. The Morgan fingerprint density at radius 2 is 1.78 bits per heavy atom. The maximum Gasteiger partial charge on any atom is 0.338 e.